The predicted octanol–water partition coefficient (Wildman–Crippen LogP) is 6.45. The standard InChI is InChI=1S/C25H30ClFN4O3Si/c1-17-15-28-9-7-19(17)22-14-24(31(29-22)16-33-11-12-35(2,3)4)30-10-8-23(34-25(30)32)18-5-6-20(26)21(27)13-18/h5-7,9,13-15,23H,8,10-12,16H2,1-4H3. The summed E-state index contributed by atoms with van der Waals surface area (Å²) in [5.74, 6) is 0.0588. The first-order chi connectivity index (χ1) is 16.6. The van der Waals surface area contributed by atoms with Crippen molar-refractivity contribution in [3.63, 3.8) is 0 Å². The highest BCUT2D eigenvalue weighted by atomic mass is 35.5. The number of hydrogen-bond acceptors (Lipinski definition) is 5. The van der Waals surface area contributed by atoms with E-state index < -0.39 is 26.1 Å². The molecule has 10 heteroatoms. The fourth-order valence-electron chi connectivity index (χ4n) is 3.88. The molecule has 1 unspecified atom stereocenters. The molecule has 1 atom stereocenters. The summed E-state index contributed by atoms with van der Waals surface area (Å²) in [6, 6.07) is 9.27. The SMILES string of the molecule is Cc1cnccc1-c1cc(N2CCC(c3ccc(Cl)c(F)c3)OC2=O)n(COCC[Si](C)(C)C)n1. The van der Waals surface area contributed by atoms with Gasteiger partial charge in [0.25, 0.3) is 0 Å². The number of pyridine rings is 1. The van der Waals surface area contributed by atoms with Crippen molar-refractivity contribution in [2.75, 3.05) is 18.1 Å². The second-order valence-electron chi connectivity index (χ2n) is 9.91. The molecule has 0 aliphatic carbocycles. The molecule has 35 heavy (non-hydrogen) atoms. The Labute approximate surface area is 210 Å². The molecule has 7 nitrogen and oxygen atoms in total. The molecule has 0 radical (unpaired) electrons. The van der Waals surface area contributed by atoms with Crippen molar-refractivity contribution >= 4 is 31.6 Å². The number of aromatic nitrogens is 3. The second-order valence-corrected chi connectivity index (χ2v) is 15.9. The van der Waals surface area contributed by atoms with Crippen molar-refractivity contribution in [3.05, 3.63) is 64.7 Å². The maximum atomic E-state index is 13.9. The van der Waals surface area contributed by atoms with Crippen LogP contribution in [-0.4, -0.2) is 42.1 Å². The van der Waals surface area contributed by atoms with Gasteiger partial charge in [0.05, 0.1) is 10.7 Å². The Morgan fingerprint density at radius 1 is 1.26 bits per heavy atom. The largest absolute Gasteiger partial charge is 0.441 e. The third kappa shape index (κ3) is 6.09. The van der Waals surface area contributed by atoms with Gasteiger partial charge in [-0.1, -0.05) is 37.3 Å². The Morgan fingerprint density at radius 2 is 2.06 bits per heavy atom. The number of carbonyl (C=O) groups is 1. The predicted molar refractivity (Wildman–Crippen MR) is 137 cm³/mol. The highest BCUT2D eigenvalue weighted by Gasteiger charge is 2.32. The Hall–Kier alpha value is -2.75. The van der Waals surface area contributed by atoms with E-state index in [1.807, 2.05) is 19.1 Å². The van der Waals surface area contributed by atoms with Gasteiger partial charge in [-0.05, 0) is 42.3 Å². The number of cyclic esters (lactones) is 1. The number of benzene rings is 1. The lowest BCUT2D eigenvalue weighted by atomic mass is 10.0. The number of carbonyl (C=O) groups excluding carboxylic acids is 1. The molecule has 0 saturated carbocycles. The molecule has 3 heterocycles. The summed E-state index contributed by atoms with van der Waals surface area (Å²) in [7, 11) is -1.24. The van der Waals surface area contributed by atoms with Gasteiger partial charge >= 0.3 is 6.09 Å². The first-order valence-electron chi connectivity index (χ1n) is 11.6. The molecule has 1 amide bonds. The topological polar surface area (TPSA) is 69.5 Å². The molecular formula is C25H30ClFN4O3Si. The van der Waals surface area contributed by atoms with Gasteiger partial charge in [0, 0.05) is 51.7 Å². The van der Waals surface area contributed by atoms with Crippen molar-refractivity contribution < 1.29 is 18.7 Å². The van der Waals surface area contributed by atoms with E-state index in [4.69, 9.17) is 26.2 Å². The molecule has 1 aliphatic rings. The molecule has 1 aromatic carbocycles. The summed E-state index contributed by atoms with van der Waals surface area (Å²) in [6.45, 7) is 10.1. The maximum absolute atomic E-state index is 13.9. The highest BCUT2D eigenvalue weighted by Crippen LogP contribution is 2.33. The average molecular weight is 517 g/mol. The van der Waals surface area contributed by atoms with Crippen LogP contribution in [0.2, 0.25) is 30.7 Å². The number of nitrogens with zero attached hydrogens (tertiary/aromatic N) is 4. The van der Waals surface area contributed by atoms with E-state index in [1.54, 1.807) is 28.0 Å². The number of halogens is 2. The molecule has 0 N–H and O–H groups in total. The van der Waals surface area contributed by atoms with E-state index in [2.05, 4.69) is 24.6 Å². The van der Waals surface area contributed by atoms with Crippen LogP contribution < -0.4 is 4.90 Å². The second kappa shape index (κ2) is 10.5. The molecular weight excluding hydrogens is 487 g/mol. The normalized spacial score (nSPS) is 16.5. The first-order valence-corrected chi connectivity index (χ1v) is 15.7. The van der Waals surface area contributed by atoms with E-state index >= 15 is 0 Å². The number of hydrogen-bond donors (Lipinski definition) is 0. The van der Waals surface area contributed by atoms with Gasteiger partial charge in [0.15, 0.2) is 0 Å². The Bertz CT molecular complexity index is 1210. The molecule has 186 valence electrons. The molecule has 1 aliphatic heterocycles. The molecule has 1 fully saturated rings. The first kappa shape index (κ1) is 25.3. The monoisotopic (exact) mass is 516 g/mol. The van der Waals surface area contributed by atoms with Crippen LogP contribution in [-0.2, 0) is 16.2 Å². The fraction of sp³-hybridized carbons (Fsp3) is 0.400. The highest BCUT2D eigenvalue weighted by molar-refractivity contribution is 6.76. The smallest absolute Gasteiger partial charge is 0.416 e. The lowest BCUT2D eigenvalue weighted by Crippen LogP contribution is -2.40. The zero-order valence-corrected chi connectivity index (χ0v) is 22.2. The number of ether oxygens (including phenoxy) is 2. The molecule has 0 bridgehead atoms. The fourth-order valence-corrected chi connectivity index (χ4v) is 4.75. The molecule has 0 spiro atoms. The lowest BCUT2D eigenvalue weighted by Gasteiger charge is -2.32. The van der Waals surface area contributed by atoms with Crippen molar-refractivity contribution in [2.24, 2.45) is 0 Å². The van der Waals surface area contributed by atoms with Crippen molar-refractivity contribution in [1.29, 1.82) is 0 Å². The number of aryl methyl sites for hydroxylation is 1. The van der Waals surface area contributed by atoms with E-state index in [0.717, 1.165) is 22.9 Å². The van der Waals surface area contributed by atoms with Crippen LogP contribution >= 0.6 is 11.6 Å². The van der Waals surface area contributed by atoms with E-state index in [-0.39, 0.29) is 11.8 Å². The van der Waals surface area contributed by atoms with Crippen LogP contribution in [0.1, 0.15) is 23.7 Å². The zero-order chi connectivity index (χ0) is 25.2. The number of anilines is 1. The summed E-state index contributed by atoms with van der Waals surface area (Å²) in [4.78, 5) is 18.8. The van der Waals surface area contributed by atoms with Gasteiger partial charge in [-0.3, -0.25) is 9.88 Å². The summed E-state index contributed by atoms with van der Waals surface area (Å²) >= 11 is 5.80. The Kier molecular flexibility index (Phi) is 7.58. The lowest BCUT2D eigenvalue weighted by molar-refractivity contribution is 0.0733. The summed E-state index contributed by atoms with van der Waals surface area (Å²) in [5.41, 5.74) is 3.22. The van der Waals surface area contributed by atoms with Gasteiger partial charge in [-0.15, -0.1) is 0 Å². The average Bonchev–Trinajstić information content (AvgIpc) is 3.21. The third-order valence-electron chi connectivity index (χ3n) is 5.94. The molecule has 2 aromatic heterocycles. The van der Waals surface area contributed by atoms with Gasteiger partial charge in [0.1, 0.15) is 24.5 Å². The van der Waals surface area contributed by atoms with Crippen molar-refractivity contribution in [3.8, 4) is 11.3 Å². The van der Waals surface area contributed by atoms with Crippen LogP contribution in [0.3, 0.4) is 0 Å². The van der Waals surface area contributed by atoms with Gasteiger partial charge in [-0.25, -0.2) is 13.9 Å². The van der Waals surface area contributed by atoms with E-state index in [9.17, 15) is 9.18 Å². The maximum Gasteiger partial charge on any atom is 0.416 e. The number of amides is 1. The summed E-state index contributed by atoms with van der Waals surface area (Å²) in [5, 5.41) is 4.78. The van der Waals surface area contributed by atoms with Gasteiger partial charge < -0.3 is 9.47 Å². The van der Waals surface area contributed by atoms with Crippen molar-refractivity contribution in [1.82, 2.24) is 14.8 Å². The summed E-state index contributed by atoms with van der Waals surface area (Å²) in [6.07, 6.45) is 2.94. The molecule has 1 saturated heterocycles. The minimum Gasteiger partial charge on any atom is -0.441 e. The minimum atomic E-state index is -1.24. The van der Waals surface area contributed by atoms with Crippen LogP contribution in [0.5, 0.6) is 0 Å². The van der Waals surface area contributed by atoms with Crippen LogP contribution in [0, 0.1) is 12.7 Å². The van der Waals surface area contributed by atoms with E-state index in [0.29, 0.717) is 31.0 Å². The van der Waals surface area contributed by atoms with E-state index in [1.165, 1.54) is 12.1 Å². The van der Waals surface area contributed by atoms with Gasteiger partial charge in [0.2, 0.25) is 0 Å². The number of rotatable bonds is 8. The summed E-state index contributed by atoms with van der Waals surface area (Å²) < 4.78 is 27.3. The third-order valence-corrected chi connectivity index (χ3v) is 7.95. The van der Waals surface area contributed by atoms with Crippen LogP contribution in [0.25, 0.3) is 11.3 Å². The van der Waals surface area contributed by atoms with Gasteiger partial charge in [-0.2, -0.15) is 5.10 Å². The Balaban J connectivity index is 1.56. The quantitative estimate of drug-likeness (QED) is 0.254. The van der Waals surface area contributed by atoms with Crippen LogP contribution in [0.15, 0.2) is 42.7 Å². The zero-order valence-electron chi connectivity index (χ0n) is 20.4. The van der Waals surface area contributed by atoms with Crippen molar-refractivity contribution in [2.45, 2.75) is 51.9 Å². The Morgan fingerprint density at radius 3 is 2.74 bits per heavy atom. The minimum absolute atomic E-state index is 0.0366. The molecule has 3 aromatic rings. The molecule has 4 rings (SSSR count). The van der Waals surface area contributed by atoms with Crippen LogP contribution in [0.4, 0.5) is 15.0 Å².